The number of pyridine rings is 1. The molecule has 0 aliphatic rings. The molecule has 6 nitrogen and oxygen atoms in total. The van der Waals surface area contributed by atoms with E-state index in [1.54, 1.807) is 36.4 Å². The maximum absolute atomic E-state index is 12.2. The summed E-state index contributed by atoms with van der Waals surface area (Å²) in [6.07, 6.45) is 0. The van der Waals surface area contributed by atoms with Crippen molar-refractivity contribution in [2.75, 3.05) is 0 Å². The minimum atomic E-state index is -0.322. The van der Waals surface area contributed by atoms with E-state index in [-0.39, 0.29) is 18.3 Å². The van der Waals surface area contributed by atoms with Crippen molar-refractivity contribution in [1.29, 1.82) is 5.26 Å². The number of furan rings is 1. The van der Waals surface area contributed by atoms with Gasteiger partial charge in [0, 0.05) is 5.69 Å². The molecule has 0 unspecified atom stereocenters. The van der Waals surface area contributed by atoms with E-state index in [1.807, 2.05) is 25.1 Å². The molecule has 2 aromatic heterocycles. The van der Waals surface area contributed by atoms with Crippen LogP contribution in [0.25, 0.3) is 0 Å². The molecular weight excluding hydrogens is 330 g/mol. The SMILES string of the molecule is Cc1cccc(CNC(=O)c2ccc(COc3ccccc3C#N)o2)n1. The number of nitrogens with one attached hydrogen (secondary N) is 1. The minimum Gasteiger partial charge on any atom is -0.484 e. The van der Waals surface area contributed by atoms with Crippen LogP contribution in [0, 0.1) is 18.3 Å². The Hall–Kier alpha value is -3.59. The molecule has 0 bridgehead atoms. The Morgan fingerprint density at radius 3 is 2.85 bits per heavy atom. The summed E-state index contributed by atoms with van der Waals surface area (Å²) in [4.78, 5) is 16.5. The first-order valence-corrected chi connectivity index (χ1v) is 8.07. The summed E-state index contributed by atoms with van der Waals surface area (Å²) in [7, 11) is 0. The molecule has 6 heteroatoms. The number of hydrogen-bond acceptors (Lipinski definition) is 5. The van der Waals surface area contributed by atoms with Gasteiger partial charge in [0.05, 0.1) is 17.8 Å². The Bertz CT molecular complexity index is 957. The standard InChI is InChI=1S/C20H17N3O3/c1-14-5-4-7-16(23-14)12-22-20(24)19-10-9-17(26-19)13-25-18-8-3-2-6-15(18)11-21/h2-10H,12-13H2,1H3,(H,22,24). The van der Waals surface area contributed by atoms with Crippen molar-refractivity contribution in [2.45, 2.75) is 20.1 Å². The molecule has 0 spiro atoms. The highest BCUT2D eigenvalue weighted by molar-refractivity contribution is 5.91. The first-order chi connectivity index (χ1) is 12.7. The summed E-state index contributed by atoms with van der Waals surface area (Å²) >= 11 is 0. The Morgan fingerprint density at radius 2 is 2.04 bits per heavy atom. The van der Waals surface area contributed by atoms with Crippen molar-refractivity contribution in [2.24, 2.45) is 0 Å². The summed E-state index contributed by atoms with van der Waals surface area (Å²) in [5, 5.41) is 11.8. The smallest absolute Gasteiger partial charge is 0.287 e. The van der Waals surface area contributed by atoms with Crippen LogP contribution in [0.15, 0.2) is 59.0 Å². The molecule has 1 N–H and O–H groups in total. The van der Waals surface area contributed by atoms with Crippen molar-refractivity contribution in [1.82, 2.24) is 10.3 Å². The monoisotopic (exact) mass is 347 g/mol. The van der Waals surface area contributed by atoms with Gasteiger partial charge in [0.1, 0.15) is 24.2 Å². The van der Waals surface area contributed by atoms with Crippen molar-refractivity contribution < 1.29 is 13.9 Å². The van der Waals surface area contributed by atoms with Crippen molar-refractivity contribution in [3.8, 4) is 11.8 Å². The number of carbonyl (C=O) groups excluding carboxylic acids is 1. The van der Waals surface area contributed by atoms with Gasteiger partial charge in [0.25, 0.3) is 5.91 Å². The number of nitrogens with zero attached hydrogens (tertiary/aromatic N) is 2. The molecule has 0 fully saturated rings. The number of aryl methyl sites for hydroxylation is 1. The van der Waals surface area contributed by atoms with E-state index in [1.165, 1.54) is 0 Å². The van der Waals surface area contributed by atoms with Crippen LogP contribution in [0.2, 0.25) is 0 Å². The summed E-state index contributed by atoms with van der Waals surface area (Å²) in [6, 6.07) is 17.9. The Morgan fingerprint density at radius 1 is 1.19 bits per heavy atom. The first kappa shape index (κ1) is 17.2. The molecule has 0 aliphatic heterocycles. The zero-order chi connectivity index (χ0) is 18.4. The molecule has 130 valence electrons. The average Bonchev–Trinajstić information content (AvgIpc) is 3.14. The zero-order valence-electron chi connectivity index (χ0n) is 14.2. The highest BCUT2D eigenvalue weighted by Crippen LogP contribution is 2.19. The predicted octanol–water partition coefficient (Wildman–Crippen LogP) is 3.36. The fraction of sp³-hybridized carbons (Fsp3) is 0.150. The van der Waals surface area contributed by atoms with Crippen LogP contribution in [0.5, 0.6) is 5.75 Å². The lowest BCUT2D eigenvalue weighted by molar-refractivity contribution is 0.0918. The van der Waals surface area contributed by atoms with Gasteiger partial charge in [-0.2, -0.15) is 5.26 Å². The number of ether oxygens (including phenoxy) is 1. The van der Waals surface area contributed by atoms with Gasteiger partial charge < -0.3 is 14.5 Å². The second-order valence-corrected chi connectivity index (χ2v) is 5.62. The van der Waals surface area contributed by atoms with Gasteiger partial charge in [-0.05, 0) is 43.3 Å². The molecule has 26 heavy (non-hydrogen) atoms. The van der Waals surface area contributed by atoms with Crippen molar-refractivity contribution in [3.63, 3.8) is 0 Å². The highest BCUT2D eigenvalue weighted by atomic mass is 16.5. The number of amides is 1. The Kier molecular flexibility index (Phi) is 5.30. The van der Waals surface area contributed by atoms with Crippen LogP contribution in [-0.2, 0) is 13.2 Å². The van der Waals surface area contributed by atoms with Gasteiger partial charge >= 0.3 is 0 Å². The second-order valence-electron chi connectivity index (χ2n) is 5.62. The van der Waals surface area contributed by atoms with Gasteiger partial charge in [-0.3, -0.25) is 9.78 Å². The molecule has 0 aliphatic carbocycles. The van der Waals surface area contributed by atoms with E-state index in [9.17, 15) is 4.79 Å². The number of carbonyl (C=O) groups is 1. The van der Waals surface area contributed by atoms with Crippen LogP contribution in [-0.4, -0.2) is 10.9 Å². The fourth-order valence-electron chi connectivity index (χ4n) is 2.37. The summed E-state index contributed by atoms with van der Waals surface area (Å²) in [5.74, 6) is 0.848. The number of para-hydroxylation sites is 1. The number of rotatable bonds is 6. The van der Waals surface area contributed by atoms with E-state index in [2.05, 4.69) is 16.4 Å². The van der Waals surface area contributed by atoms with Gasteiger partial charge in [-0.25, -0.2) is 0 Å². The van der Waals surface area contributed by atoms with E-state index in [4.69, 9.17) is 14.4 Å². The highest BCUT2D eigenvalue weighted by Gasteiger charge is 2.12. The van der Waals surface area contributed by atoms with Crippen LogP contribution in [0.3, 0.4) is 0 Å². The predicted molar refractivity (Wildman–Crippen MR) is 94.3 cm³/mol. The number of benzene rings is 1. The fourth-order valence-corrected chi connectivity index (χ4v) is 2.37. The van der Waals surface area contributed by atoms with Crippen LogP contribution < -0.4 is 10.1 Å². The minimum absolute atomic E-state index is 0.130. The molecule has 2 heterocycles. The van der Waals surface area contributed by atoms with Gasteiger partial charge in [0.2, 0.25) is 0 Å². The molecule has 0 saturated carbocycles. The quantitative estimate of drug-likeness (QED) is 0.738. The average molecular weight is 347 g/mol. The molecule has 3 aromatic rings. The van der Waals surface area contributed by atoms with Crippen LogP contribution in [0.4, 0.5) is 0 Å². The van der Waals surface area contributed by atoms with Crippen molar-refractivity contribution >= 4 is 5.91 Å². The van der Waals surface area contributed by atoms with E-state index < -0.39 is 0 Å². The van der Waals surface area contributed by atoms with Crippen LogP contribution in [0.1, 0.15) is 33.3 Å². The Balaban J connectivity index is 1.57. The van der Waals surface area contributed by atoms with Crippen LogP contribution >= 0.6 is 0 Å². The lowest BCUT2D eigenvalue weighted by atomic mass is 10.2. The summed E-state index contributed by atoms with van der Waals surface area (Å²) in [6.45, 7) is 2.35. The van der Waals surface area contributed by atoms with E-state index >= 15 is 0 Å². The third-order valence-corrected chi connectivity index (χ3v) is 3.64. The largest absolute Gasteiger partial charge is 0.484 e. The number of nitriles is 1. The molecule has 0 atom stereocenters. The third-order valence-electron chi connectivity index (χ3n) is 3.64. The summed E-state index contributed by atoms with van der Waals surface area (Å²) < 4.78 is 11.1. The molecule has 0 radical (unpaired) electrons. The van der Waals surface area contributed by atoms with Crippen molar-refractivity contribution in [3.05, 3.63) is 83.1 Å². The Labute approximate surface area is 151 Å². The maximum atomic E-state index is 12.2. The molecule has 0 saturated heterocycles. The molecule has 1 aromatic carbocycles. The van der Waals surface area contributed by atoms with Gasteiger partial charge in [-0.15, -0.1) is 0 Å². The van der Waals surface area contributed by atoms with Gasteiger partial charge in [0.15, 0.2) is 5.76 Å². The first-order valence-electron chi connectivity index (χ1n) is 8.07. The molecular formula is C20H17N3O3. The van der Waals surface area contributed by atoms with E-state index in [0.29, 0.717) is 23.6 Å². The maximum Gasteiger partial charge on any atom is 0.287 e. The number of hydrogen-bond donors (Lipinski definition) is 1. The normalized spacial score (nSPS) is 10.2. The second kappa shape index (κ2) is 7.99. The summed E-state index contributed by atoms with van der Waals surface area (Å²) in [5.41, 5.74) is 2.12. The topological polar surface area (TPSA) is 88.1 Å². The lowest BCUT2D eigenvalue weighted by Gasteiger charge is -2.06. The molecule has 3 rings (SSSR count). The lowest BCUT2D eigenvalue weighted by Crippen LogP contribution is -2.22. The van der Waals surface area contributed by atoms with E-state index in [0.717, 1.165) is 11.4 Å². The third kappa shape index (κ3) is 4.28. The van der Waals surface area contributed by atoms with Gasteiger partial charge in [-0.1, -0.05) is 18.2 Å². The molecule has 1 amide bonds. The zero-order valence-corrected chi connectivity index (χ0v) is 14.2. The number of aromatic nitrogens is 1.